The van der Waals surface area contributed by atoms with Crippen LogP contribution in [-0.4, -0.2) is 144 Å². The first-order chi connectivity index (χ1) is 16.3. The summed E-state index contributed by atoms with van der Waals surface area (Å²) in [6.07, 6.45) is -18.1. The monoisotopic (exact) mass is 512 g/mol. The molecule has 13 atom stereocenters. The summed E-state index contributed by atoms with van der Waals surface area (Å²) in [6.45, 7) is 1.64. The molecule has 1 amide bonds. The van der Waals surface area contributed by atoms with E-state index < -0.39 is 104 Å². The van der Waals surface area contributed by atoms with Crippen LogP contribution < -0.4 is 5.32 Å². The van der Waals surface area contributed by atoms with Crippen molar-refractivity contribution in [2.24, 2.45) is 0 Å². The molecule has 3 saturated heterocycles. The molecule has 10 N–H and O–H groups in total. The summed E-state index contributed by atoms with van der Waals surface area (Å²) in [5, 5.41) is 95.5. The average molecular weight is 512 g/mol. The Bertz CT molecular complexity index is 745. The largest absolute Gasteiger partial charge is 0.394 e. The predicted octanol–water partition coefficient (Wildman–Crippen LogP) is -5.82. The van der Waals surface area contributed by atoms with Gasteiger partial charge in [-0.15, -0.1) is 0 Å². The summed E-state index contributed by atoms with van der Waals surface area (Å²) in [5.41, 5.74) is -4.82. The Morgan fingerprint density at radius 3 is 2.20 bits per heavy atom. The number of carbonyl (C=O) groups excluding carboxylic acids is 1. The number of aliphatic hydroxyl groups is 9. The lowest BCUT2D eigenvalue weighted by Crippen LogP contribution is -2.72. The molecule has 0 bridgehead atoms. The van der Waals surface area contributed by atoms with Crippen molar-refractivity contribution in [3.05, 3.63) is 6.61 Å². The lowest BCUT2D eigenvalue weighted by molar-refractivity contribution is -0.355. The Balaban J connectivity index is 1.87. The highest BCUT2D eigenvalue weighted by molar-refractivity contribution is 5.73. The van der Waals surface area contributed by atoms with E-state index in [9.17, 15) is 50.8 Å². The third-order valence-corrected chi connectivity index (χ3v) is 6.63. The summed E-state index contributed by atoms with van der Waals surface area (Å²) in [7, 11) is 0. The van der Waals surface area contributed by atoms with Crippen molar-refractivity contribution in [1.82, 2.24) is 5.32 Å². The van der Waals surface area contributed by atoms with Gasteiger partial charge in [0.1, 0.15) is 67.1 Å². The molecule has 0 aromatic heterocycles. The number of rotatable bonds is 6. The highest BCUT2D eigenvalue weighted by atomic mass is 16.7. The lowest BCUT2D eigenvalue weighted by Gasteiger charge is -2.53. The van der Waals surface area contributed by atoms with E-state index in [2.05, 4.69) is 5.32 Å². The molecule has 0 aromatic rings. The van der Waals surface area contributed by atoms with Crippen LogP contribution in [0.1, 0.15) is 20.3 Å². The Hall–Kier alpha value is -1.05. The lowest BCUT2D eigenvalue weighted by atomic mass is 9.76. The molecule has 3 heterocycles. The van der Waals surface area contributed by atoms with E-state index in [1.807, 2.05) is 0 Å². The van der Waals surface area contributed by atoms with Gasteiger partial charge in [-0.2, -0.15) is 0 Å². The van der Waals surface area contributed by atoms with Gasteiger partial charge in [0, 0.05) is 13.3 Å². The topological polar surface area (TPSA) is 248 Å². The van der Waals surface area contributed by atoms with E-state index in [4.69, 9.17) is 18.9 Å². The molecule has 203 valence electrons. The van der Waals surface area contributed by atoms with Crippen LogP contribution in [-0.2, 0) is 23.7 Å². The standard InChI is InChI=1S/C20H34NO14/c1-7-12(25)13(26)14(27)18(33-7)19(30)3-11(34-10(5-23)16(19)28)35-15-9(4-22)32-6-20(31,17(15)29)21-8(2)24/h6-7,9-18,22-23,25-31H,3-5H2,1-2H3,(H,21,24)/t7-,9-,10-,11+,12+,13+,14-,15-,16+,17+,18?,19-,20+/m1/s1. The number of ether oxygens (including phenoxy) is 4. The SMILES string of the molecule is CC(=O)N[C@]1(O)[CH]O[C@H](CO)[C@@H](O[C@H]2C[C@](O)(C3O[C@H](C)[C@H](O)[C@H](O)[C@H]3O)[C@@H](O)[C@@H](CO)O2)[C@@H]1O. The molecular formula is C20H34NO14. The van der Waals surface area contributed by atoms with Crippen molar-refractivity contribution in [3.63, 3.8) is 0 Å². The van der Waals surface area contributed by atoms with Crippen molar-refractivity contribution in [3.8, 4) is 0 Å². The number of amides is 1. The van der Waals surface area contributed by atoms with Gasteiger partial charge in [-0.25, -0.2) is 0 Å². The van der Waals surface area contributed by atoms with Gasteiger partial charge in [-0.3, -0.25) is 4.79 Å². The minimum absolute atomic E-state index is 0.647. The van der Waals surface area contributed by atoms with E-state index in [0.717, 1.165) is 13.5 Å². The van der Waals surface area contributed by atoms with Crippen LogP contribution in [0.2, 0.25) is 0 Å². The number of hydrogen-bond acceptors (Lipinski definition) is 14. The van der Waals surface area contributed by atoms with Gasteiger partial charge >= 0.3 is 0 Å². The zero-order valence-corrected chi connectivity index (χ0v) is 19.1. The Labute approximate surface area is 200 Å². The second-order valence-corrected chi connectivity index (χ2v) is 9.19. The smallest absolute Gasteiger partial charge is 0.219 e. The summed E-state index contributed by atoms with van der Waals surface area (Å²) in [5.74, 6) is -0.724. The van der Waals surface area contributed by atoms with Crippen molar-refractivity contribution in [2.75, 3.05) is 13.2 Å². The number of hydrogen-bond donors (Lipinski definition) is 10. The van der Waals surface area contributed by atoms with Crippen LogP contribution in [0.15, 0.2) is 0 Å². The first kappa shape index (κ1) is 28.5. The molecule has 0 aliphatic carbocycles. The summed E-state index contributed by atoms with van der Waals surface area (Å²) < 4.78 is 21.9. The molecule has 15 nitrogen and oxygen atoms in total. The average Bonchev–Trinajstić information content (AvgIpc) is 2.80. The molecule has 0 spiro atoms. The Kier molecular flexibility index (Phi) is 8.76. The number of aliphatic hydroxyl groups excluding tert-OH is 7. The van der Waals surface area contributed by atoms with E-state index in [1.165, 1.54) is 6.92 Å². The minimum atomic E-state index is -2.42. The van der Waals surface area contributed by atoms with Gasteiger partial charge < -0.3 is 70.2 Å². The molecule has 15 heteroatoms. The van der Waals surface area contributed by atoms with Crippen LogP contribution in [0.4, 0.5) is 0 Å². The maximum absolute atomic E-state index is 11.5. The fourth-order valence-corrected chi connectivity index (χ4v) is 4.66. The van der Waals surface area contributed by atoms with Gasteiger partial charge in [-0.1, -0.05) is 0 Å². The molecule has 3 fully saturated rings. The van der Waals surface area contributed by atoms with E-state index in [0.29, 0.717) is 0 Å². The zero-order chi connectivity index (χ0) is 26.3. The van der Waals surface area contributed by atoms with Gasteiger partial charge in [0.2, 0.25) is 5.91 Å². The molecule has 1 radical (unpaired) electrons. The molecule has 35 heavy (non-hydrogen) atoms. The molecule has 3 rings (SSSR count). The Morgan fingerprint density at radius 2 is 1.63 bits per heavy atom. The van der Waals surface area contributed by atoms with Crippen molar-refractivity contribution >= 4 is 5.91 Å². The predicted molar refractivity (Wildman–Crippen MR) is 110 cm³/mol. The highest BCUT2D eigenvalue weighted by Gasteiger charge is 2.60. The molecule has 0 aromatic carbocycles. The van der Waals surface area contributed by atoms with Crippen LogP contribution in [0.5, 0.6) is 0 Å². The van der Waals surface area contributed by atoms with Crippen molar-refractivity contribution in [1.29, 1.82) is 0 Å². The van der Waals surface area contributed by atoms with Crippen LogP contribution in [0, 0.1) is 6.61 Å². The quantitative estimate of drug-likeness (QED) is 0.149. The molecular weight excluding hydrogens is 478 g/mol. The van der Waals surface area contributed by atoms with Crippen LogP contribution >= 0.6 is 0 Å². The normalized spacial score (nSPS) is 51.1. The maximum Gasteiger partial charge on any atom is 0.219 e. The molecule has 0 saturated carbocycles. The van der Waals surface area contributed by atoms with E-state index in [1.54, 1.807) is 0 Å². The summed E-state index contributed by atoms with van der Waals surface area (Å²) in [4.78, 5) is 11.5. The number of nitrogens with one attached hydrogen (secondary N) is 1. The summed E-state index contributed by atoms with van der Waals surface area (Å²) >= 11 is 0. The van der Waals surface area contributed by atoms with Crippen molar-refractivity contribution in [2.45, 2.75) is 98.9 Å². The molecule has 3 aliphatic rings. The van der Waals surface area contributed by atoms with Crippen LogP contribution in [0.25, 0.3) is 0 Å². The maximum atomic E-state index is 11.5. The third kappa shape index (κ3) is 5.33. The van der Waals surface area contributed by atoms with E-state index >= 15 is 0 Å². The molecule has 3 aliphatic heterocycles. The second kappa shape index (κ2) is 10.7. The minimum Gasteiger partial charge on any atom is -0.394 e. The third-order valence-electron chi connectivity index (χ3n) is 6.63. The van der Waals surface area contributed by atoms with Gasteiger partial charge in [0.05, 0.1) is 19.3 Å². The molecule has 1 unspecified atom stereocenters. The fraction of sp³-hybridized carbons (Fsp3) is 0.900. The van der Waals surface area contributed by atoms with Gasteiger partial charge in [-0.05, 0) is 6.92 Å². The summed E-state index contributed by atoms with van der Waals surface area (Å²) in [6, 6.07) is 0. The zero-order valence-electron chi connectivity index (χ0n) is 19.1. The fourth-order valence-electron chi connectivity index (χ4n) is 4.66. The van der Waals surface area contributed by atoms with Crippen LogP contribution in [0.3, 0.4) is 0 Å². The first-order valence-electron chi connectivity index (χ1n) is 11.1. The van der Waals surface area contributed by atoms with Gasteiger partial charge in [0.25, 0.3) is 0 Å². The highest BCUT2D eigenvalue weighted by Crippen LogP contribution is 2.40. The number of carbonyl (C=O) groups is 1. The Morgan fingerprint density at radius 1 is 1.00 bits per heavy atom. The second-order valence-electron chi connectivity index (χ2n) is 9.19. The van der Waals surface area contributed by atoms with Crippen molar-refractivity contribution < 1.29 is 69.7 Å². The first-order valence-corrected chi connectivity index (χ1v) is 11.1. The van der Waals surface area contributed by atoms with Gasteiger partial charge in [0.15, 0.2) is 12.0 Å². The van der Waals surface area contributed by atoms with E-state index in [-0.39, 0.29) is 0 Å².